The number of aromatic hydroxyl groups is 1. The minimum atomic E-state index is -4.50. The molecule has 0 aliphatic heterocycles. The molecule has 0 spiro atoms. The average molecular weight is 479 g/mol. The second kappa shape index (κ2) is 9.53. The first-order valence-corrected chi connectivity index (χ1v) is 10.7. The van der Waals surface area contributed by atoms with Gasteiger partial charge >= 0.3 is 29.6 Å². The number of hydrogen-bond donors (Lipinski definition) is 3. The van der Waals surface area contributed by atoms with Crippen molar-refractivity contribution in [3.63, 3.8) is 0 Å². The maximum absolute atomic E-state index is 11.8. The fourth-order valence-corrected chi connectivity index (χ4v) is 3.96. The zero-order chi connectivity index (χ0) is 22.2. The van der Waals surface area contributed by atoms with Crippen molar-refractivity contribution in [1.82, 2.24) is 4.98 Å². The maximum Gasteiger partial charge on any atom is 1.00 e. The molecule has 0 aliphatic rings. The number of phenolic OH excluding ortho intramolecular Hbond substituents is 1. The van der Waals surface area contributed by atoms with Gasteiger partial charge in [0, 0.05) is 21.4 Å². The fraction of sp³-hybridized carbons (Fsp3) is 0. The van der Waals surface area contributed by atoms with Crippen molar-refractivity contribution >= 4 is 49.6 Å². The minimum absolute atomic E-state index is 0. The van der Waals surface area contributed by atoms with Gasteiger partial charge in [-0.25, -0.2) is 0 Å². The molecule has 0 saturated heterocycles. The summed E-state index contributed by atoms with van der Waals surface area (Å²) in [5.41, 5.74) is 7.76. The molecule has 1 heterocycles. The molecule has 3 aromatic carbocycles. The van der Waals surface area contributed by atoms with Crippen LogP contribution < -0.4 is 35.3 Å². The van der Waals surface area contributed by atoms with E-state index in [4.69, 9.17) is 17.3 Å². The summed E-state index contributed by atoms with van der Waals surface area (Å²) in [6.45, 7) is 0. The first-order valence-electron chi connectivity index (χ1n) is 8.89. The number of nitrogens with zero attached hydrogens (tertiary/aromatic N) is 3. The van der Waals surface area contributed by atoms with E-state index < -0.39 is 10.1 Å². The maximum atomic E-state index is 11.8. The van der Waals surface area contributed by atoms with E-state index in [1.807, 2.05) is 0 Å². The van der Waals surface area contributed by atoms with E-state index in [1.165, 1.54) is 18.3 Å². The zero-order valence-electron chi connectivity index (χ0n) is 17.8. The second-order valence-corrected chi connectivity index (χ2v) is 8.42. The summed E-state index contributed by atoms with van der Waals surface area (Å²) >= 11 is 5.97. The number of hydrogen-bond acceptors (Lipinski definition) is 7. The van der Waals surface area contributed by atoms with Crippen LogP contribution >= 0.6 is 11.6 Å². The van der Waals surface area contributed by atoms with Crippen LogP contribution in [0.3, 0.4) is 0 Å². The van der Waals surface area contributed by atoms with E-state index in [2.05, 4.69) is 15.2 Å². The van der Waals surface area contributed by atoms with Gasteiger partial charge in [-0.1, -0.05) is 35.9 Å². The van der Waals surface area contributed by atoms with Crippen LogP contribution in [0.2, 0.25) is 5.02 Å². The smallest absolute Gasteiger partial charge is 1.00 e. The number of anilines is 1. The Bertz CT molecular complexity index is 1450. The molecule has 0 amide bonds. The number of aromatic nitrogens is 1. The number of benzene rings is 3. The van der Waals surface area contributed by atoms with Crippen LogP contribution in [-0.4, -0.2) is 23.1 Å². The number of phenols is 1. The Morgan fingerprint density at radius 1 is 1.00 bits per heavy atom. The Morgan fingerprint density at radius 3 is 2.38 bits per heavy atom. The third-order valence-corrected chi connectivity index (χ3v) is 5.69. The van der Waals surface area contributed by atoms with E-state index in [0.29, 0.717) is 27.4 Å². The standard InChI is InChI=1S/C21H15ClN4O4S.Na.H/c22-12-5-8-19(27)16(9-12)17-7-6-13(11-24-17)25-26-18-10-20(31(28,29)30)14-3-1-2-4-15(14)21(18)23;;/h1-11,27H,23H2,(H,28,29,30);;/q;+1;-1. The third-order valence-electron chi connectivity index (χ3n) is 4.56. The number of azo groups is 1. The number of halogens is 1. The molecule has 32 heavy (non-hydrogen) atoms. The summed E-state index contributed by atoms with van der Waals surface area (Å²) in [5.74, 6) is 0.0351. The number of nitrogens with two attached hydrogens (primary N) is 1. The van der Waals surface area contributed by atoms with Crippen molar-refractivity contribution in [1.29, 1.82) is 0 Å². The Morgan fingerprint density at radius 2 is 1.72 bits per heavy atom. The van der Waals surface area contributed by atoms with Gasteiger partial charge in [-0.05, 0) is 36.4 Å². The van der Waals surface area contributed by atoms with Gasteiger partial charge in [-0.2, -0.15) is 8.42 Å². The zero-order valence-corrected chi connectivity index (χ0v) is 20.3. The molecule has 0 bridgehead atoms. The van der Waals surface area contributed by atoms with Crippen molar-refractivity contribution in [2.75, 3.05) is 5.73 Å². The first kappa shape index (κ1) is 24.1. The number of nitrogen functional groups attached to an aromatic ring is 1. The topological polar surface area (TPSA) is 138 Å². The summed E-state index contributed by atoms with van der Waals surface area (Å²) in [4.78, 5) is 3.94. The summed E-state index contributed by atoms with van der Waals surface area (Å²) in [6.07, 6.45) is 1.43. The molecule has 0 aliphatic carbocycles. The molecule has 4 aromatic rings. The normalized spacial score (nSPS) is 11.6. The summed E-state index contributed by atoms with van der Waals surface area (Å²) in [5, 5.41) is 19.3. The second-order valence-electron chi connectivity index (χ2n) is 6.59. The van der Waals surface area contributed by atoms with E-state index in [1.54, 1.807) is 48.5 Å². The molecule has 0 atom stereocenters. The average Bonchev–Trinajstić information content (AvgIpc) is 2.75. The van der Waals surface area contributed by atoms with Crippen LogP contribution in [0.25, 0.3) is 22.0 Å². The molecule has 1 aromatic heterocycles. The molecule has 8 nitrogen and oxygen atoms in total. The third kappa shape index (κ3) is 4.93. The van der Waals surface area contributed by atoms with Crippen LogP contribution in [0, 0.1) is 0 Å². The summed E-state index contributed by atoms with van der Waals surface area (Å²) < 4.78 is 33.2. The largest absolute Gasteiger partial charge is 1.00 e. The number of fused-ring (bicyclic) bond motifs is 1. The Balaban J connectivity index is 0.00000193. The summed E-state index contributed by atoms with van der Waals surface area (Å²) in [6, 6.07) is 15.6. The molecule has 0 fully saturated rings. The molecule has 0 unspecified atom stereocenters. The Hall–Kier alpha value is -2.53. The monoisotopic (exact) mass is 478 g/mol. The molecule has 0 radical (unpaired) electrons. The van der Waals surface area contributed by atoms with Gasteiger partial charge in [0.05, 0.1) is 17.6 Å². The van der Waals surface area contributed by atoms with Gasteiger partial charge in [0.25, 0.3) is 10.1 Å². The van der Waals surface area contributed by atoms with Crippen molar-refractivity contribution in [3.8, 4) is 17.0 Å². The van der Waals surface area contributed by atoms with Crippen LogP contribution in [-0.2, 0) is 10.1 Å². The van der Waals surface area contributed by atoms with Crippen molar-refractivity contribution in [2.45, 2.75) is 4.90 Å². The van der Waals surface area contributed by atoms with Gasteiger partial charge in [-0.15, -0.1) is 10.2 Å². The van der Waals surface area contributed by atoms with Crippen LogP contribution in [0.5, 0.6) is 5.75 Å². The van der Waals surface area contributed by atoms with Crippen molar-refractivity contribution < 1.29 is 49.1 Å². The van der Waals surface area contributed by atoms with E-state index in [-0.39, 0.29) is 58.4 Å². The molecule has 158 valence electrons. The number of rotatable bonds is 4. The van der Waals surface area contributed by atoms with Gasteiger partial charge in [0.2, 0.25) is 0 Å². The van der Waals surface area contributed by atoms with Gasteiger partial charge in [0.1, 0.15) is 22.0 Å². The van der Waals surface area contributed by atoms with E-state index in [9.17, 15) is 18.1 Å². The molecule has 4 rings (SSSR count). The predicted molar refractivity (Wildman–Crippen MR) is 120 cm³/mol. The van der Waals surface area contributed by atoms with E-state index in [0.717, 1.165) is 0 Å². The van der Waals surface area contributed by atoms with Gasteiger partial charge < -0.3 is 12.3 Å². The van der Waals surface area contributed by atoms with E-state index >= 15 is 0 Å². The molecular formula is C21H16ClN4NaO4S. The summed E-state index contributed by atoms with van der Waals surface area (Å²) in [7, 11) is -4.50. The van der Waals surface area contributed by atoms with Crippen molar-refractivity contribution in [3.05, 3.63) is 71.9 Å². The quantitative estimate of drug-likeness (QED) is 0.178. The van der Waals surface area contributed by atoms with Crippen LogP contribution in [0.1, 0.15) is 1.43 Å². The minimum Gasteiger partial charge on any atom is -1.00 e. The van der Waals surface area contributed by atoms with Crippen molar-refractivity contribution in [2.24, 2.45) is 10.2 Å². The number of pyridine rings is 1. The van der Waals surface area contributed by atoms with Gasteiger partial charge in [0.15, 0.2) is 0 Å². The molecule has 4 N–H and O–H groups in total. The Labute approximate surface area is 212 Å². The van der Waals surface area contributed by atoms with Crippen LogP contribution in [0.15, 0.2) is 82.0 Å². The van der Waals surface area contributed by atoms with Crippen LogP contribution in [0.4, 0.5) is 17.1 Å². The SMILES string of the molecule is Nc1c(N=Nc2ccc(-c3cc(Cl)ccc3O)nc2)cc(S(=O)(=O)O)c2ccccc12.[H-].[Na+]. The Kier molecular flexibility index (Phi) is 7.19. The van der Waals surface area contributed by atoms with Gasteiger partial charge in [-0.3, -0.25) is 9.54 Å². The molecular weight excluding hydrogens is 463 g/mol. The predicted octanol–water partition coefficient (Wildman–Crippen LogP) is 2.62. The first-order chi connectivity index (χ1) is 14.7. The fourth-order valence-electron chi connectivity index (χ4n) is 3.08. The molecule has 0 saturated carbocycles. The molecule has 11 heteroatoms.